The van der Waals surface area contributed by atoms with E-state index < -0.39 is 6.10 Å². The molecule has 1 aliphatic rings. The van der Waals surface area contributed by atoms with Crippen LogP contribution in [0.2, 0.25) is 0 Å². The molecule has 174 valence electrons. The predicted molar refractivity (Wildman–Crippen MR) is 126 cm³/mol. The van der Waals surface area contributed by atoms with E-state index in [0.717, 1.165) is 16.9 Å². The number of aryl methyl sites for hydroxylation is 1. The van der Waals surface area contributed by atoms with Gasteiger partial charge in [-0.3, -0.25) is 9.78 Å². The number of rotatable bonds is 6. The monoisotopic (exact) mass is 458 g/mol. The van der Waals surface area contributed by atoms with Crippen molar-refractivity contribution in [3.05, 3.63) is 60.0 Å². The molecule has 1 amide bonds. The molecule has 0 bridgehead atoms. The summed E-state index contributed by atoms with van der Waals surface area (Å²) in [7, 11) is 0. The van der Waals surface area contributed by atoms with E-state index in [2.05, 4.69) is 26.3 Å². The molecule has 0 unspecified atom stereocenters. The maximum Gasteiger partial charge on any atom is 0.251 e. The van der Waals surface area contributed by atoms with Crippen LogP contribution in [0.1, 0.15) is 31.0 Å². The zero-order chi connectivity index (χ0) is 24.1. The number of piperidine rings is 1. The molecule has 3 aromatic rings. The Balaban J connectivity index is 1.45. The first-order valence-corrected chi connectivity index (χ1v) is 11.1. The van der Waals surface area contributed by atoms with Gasteiger partial charge in [0.05, 0.1) is 23.1 Å². The molecule has 2 N–H and O–H groups in total. The van der Waals surface area contributed by atoms with E-state index >= 15 is 0 Å². The highest BCUT2D eigenvalue weighted by Crippen LogP contribution is 2.28. The molecular weight excluding hydrogens is 432 g/mol. The van der Waals surface area contributed by atoms with E-state index in [-0.39, 0.29) is 12.0 Å². The van der Waals surface area contributed by atoms with Gasteiger partial charge in [0.2, 0.25) is 5.95 Å². The van der Waals surface area contributed by atoms with Crippen LogP contribution in [0, 0.1) is 18.3 Å². The summed E-state index contributed by atoms with van der Waals surface area (Å²) in [5, 5.41) is 22.3. The largest absolute Gasteiger partial charge is 0.489 e. The number of ether oxygens (including phenoxy) is 1. The van der Waals surface area contributed by atoms with Crippen molar-refractivity contribution < 1.29 is 14.6 Å². The summed E-state index contributed by atoms with van der Waals surface area (Å²) >= 11 is 0. The number of carbonyl (C=O) groups is 1. The zero-order valence-electron chi connectivity index (χ0n) is 19.1. The minimum absolute atomic E-state index is 0.103. The minimum Gasteiger partial charge on any atom is -0.489 e. The van der Waals surface area contributed by atoms with Crippen molar-refractivity contribution >= 4 is 17.5 Å². The fourth-order valence-corrected chi connectivity index (χ4v) is 3.77. The molecule has 34 heavy (non-hydrogen) atoms. The normalized spacial score (nSPS) is 14.8. The van der Waals surface area contributed by atoms with Crippen molar-refractivity contribution in [2.24, 2.45) is 0 Å². The number of likely N-dealkylation sites (tertiary alicyclic amines) is 1. The van der Waals surface area contributed by atoms with Crippen LogP contribution in [0.15, 0.2) is 48.8 Å². The van der Waals surface area contributed by atoms with Crippen molar-refractivity contribution in [1.29, 1.82) is 5.26 Å². The summed E-state index contributed by atoms with van der Waals surface area (Å²) in [6.07, 6.45) is 3.55. The second kappa shape index (κ2) is 10.3. The predicted octanol–water partition coefficient (Wildman–Crippen LogP) is 3.21. The molecule has 1 aliphatic heterocycles. The molecule has 0 aliphatic carbocycles. The van der Waals surface area contributed by atoms with E-state index in [0.29, 0.717) is 48.9 Å². The third-order valence-electron chi connectivity index (χ3n) is 5.62. The van der Waals surface area contributed by atoms with Crippen LogP contribution in [-0.4, -0.2) is 56.2 Å². The Morgan fingerprint density at radius 2 is 2.03 bits per heavy atom. The number of benzene rings is 1. The topological polar surface area (TPSA) is 124 Å². The van der Waals surface area contributed by atoms with Gasteiger partial charge >= 0.3 is 0 Å². The van der Waals surface area contributed by atoms with E-state index in [1.165, 1.54) is 6.92 Å². The standard InChI is InChI=1S/C25H26N6O3/c1-16-3-5-20(15-28-16)29-25-27-10-7-22(30-25)18-4-6-23(19(13-18)14-26)34-21-8-11-31(12-9-21)24(33)17(2)32/h3-7,10,13,15,17,21,32H,8-9,11-12H2,1-2H3,(H,27,29,30)/t17-/m1/s1. The first kappa shape index (κ1) is 23.1. The van der Waals surface area contributed by atoms with Gasteiger partial charge in [-0.1, -0.05) is 0 Å². The number of hydrogen-bond donors (Lipinski definition) is 2. The molecule has 0 radical (unpaired) electrons. The highest BCUT2D eigenvalue weighted by Gasteiger charge is 2.26. The molecule has 3 heterocycles. The number of amides is 1. The van der Waals surface area contributed by atoms with E-state index in [1.807, 2.05) is 25.1 Å². The number of aliphatic hydroxyl groups excluding tert-OH is 1. The van der Waals surface area contributed by atoms with Gasteiger partial charge in [-0.15, -0.1) is 0 Å². The quantitative estimate of drug-likeness (QED) is 0.577. The first-order valence-electron chi connectivity index (χ1n) is 11.1. The Labute approximate surface area is 198 Å². The third kappa shape index (κ3) is 5.47. The van der Waals surface area contributed by atoms with Crippen LogP contribution in [0.3, 0.4) is 0 Å². The molecule has 1 saturated heterocycles. The number of nitriles is 1. The molecule has 4 rings (SSSR count). The van der Waals surface area contributed by atoms with Gasteiger partial charge in [-0.2, -0.15) is 5.26 Å². The molecule has 0 saturated carbocycles. The summed E-state index contributed by atoms with van der Waals surface area (Å²) in [4.78, 5) is 26.7. The molecule has 9 heteroatoms. The Kier molecular flexibility index (Phi) is 6.99. The Morgan fingerprint density at radius 1 is 1.24 bits per heavy atom. The van der Waals surface area contributed by atoms with Gasteiger partial charge in [0.1, 0.15) is 24.0 Å². The summed E-state index contributed by atoms with van der Waals surface area (Å²) in [5.41, 5.74) is 3.56. The fraction of sp³-hybridized carbons (Fsp3) is 0.320. The lowest BCUT2D eigenvalue weighted by Gasteiger charge is -2.33. The average Bonchev–Trinajstić information content (AvgIpc) is 2.86. The summed E-state index contributed by atoms with van der Waals surface area (Å²) < 4.78 is 6.09. The van der Waals surface area contributed by atoms with Gasteiger partial charge < -0.3 is 20.1 Å². The van der Waals surface area contributed by atoms with Crippen molar-refractivity contribution in [3.63, 3.8) is 0 Å². The van der Waals surface area contributed by atoms with Crippen LogP contribution in [0.5, 0.6) is 5.75 Å². The lowest BCUT2D eigenvalue weighted by atomic mass is 10.1. The Hall–Kier alpha value is -4.03. The van der Waals surface area contributed by atoms with Crippen molar-refractivity contribution in [2.45, 2.75) is 38.9 Å². The number of aliphatic hydroxyl groups is 1. The van der Waals surface area contributed by atoms with Gasteiger partial charge in [-0.25, -0.2) is 9.97 Å². The lowest BCUT2D eigenvalue weighted by Crippen LogP contribution is -2.45. The summed E-state index contributed by atoms with van der Waals surface area (Å²) in [5.74, 6) is 0.669. The van der Waals surface area contributed by atoms with Gasteiger partial charge in [0, 0.05) is 43.4 Å². The maximum absolute atomic E-state index is 11.9. The van der Waals surface area contributed by atoms with Crippen LogP contribution in [-0.2, 0) is 4.79 Å². The number of aromatic nitrogens is 3. The number of nitrogens with zero attached hydrogens (tertiary/aromatic N) is 5. The van der Waals surface area contributed by atoms with Crippen LogP contribution >= 0.6 is 0 Å². The summed E-state index contributed by atoms with van der Waals surface area (Å²) in [6.45, 7) is 4.42. The number of anilines is 2. The van der Waals surface area contributed by atoms with Gasteiger partial charge in [0.15, 0.2) is 0 Å². The van der Waals surface area contributed by atoms with Crippen molar-refractivity contribution in [2.75, 3.05) is 18.4 Å². The lowest BCUT2D eigenvalue weighted by molar-refractivity contribution is -0.141. The van der Waals surface area contributed by atoms with Gasteiger partial charge in [-0.05, 0) is 50.2 Å². The van der Waals surface area contributed by atoms with Crippen LogP contribution in [0.25, 0.3) is 11.3 Å². The van der Waals surface area contributed by atoms with E-state index in [1.54, 1.807) is 35.5 Å². The second-order valence-electron chi connectivity index (χ2n) is 8.22. The van der Waals surface area contributed by atoms with E-state index in [9.17, 15) is 15.2 Å². The highest BCUT2D eigenvalue weighted by atomic mass is 16.5. The third-order valence-corrected chi connectivity index (χ3v) is 5.62. The van der Waals surface area contributed by atoms with Gasteiger partial charge in [0.25, 0.3) is 5.91 Å². The summed E-state index contributed by atoms with van der Waals surface area (Å²) in [6, 6.07) is 13.2. The zero-order valence-corrected chi connectivity index (χ0v) is 19.1. The molecule has 1 fully saturated rings. The Morgan fingerprint density at radius 3 is 2.71 bits per heavy atom. The maximum atomic E-state index is 11.9. The first-order chi connectivity index (χ1) is 16.4. The molecule has 9 nitrogen and oxygen atoms in total. The molecule has 1 aromatic carbocycles. The van der Waals surface area contributed by atoms with E-state index in [4.69, 9.17) is 4.74 Å². The smallest absolute Gasteiger partial charge is 0.251 e. The van der Waals surface area contributed by atoms with Crippen LogP contribution < -0.4 is 10.1 Å². The SMILES string of the molecule is Cc1ccc(Nc2nccc(-c3ccc(OC4CCN(C(=O)[C@@H](C)O)CC4)c(C#N)c3)n2)cn1. The second-order valence-corrected chi connectivity index (χ2v) is 8.22. The molecular formula is C25H26N6O3. The fourth-order valence-electron chi connectivity index (χ4n) is 3.77. The molecule has 0 spiro atoms. The van der Waals surface area contributed by atoms with Crippen molar-refractivity contribution in [1.82, 2.24) is 19.9 Å². The molecule has 2 aromatic heterocycles. The van der Waals surface area contributed by atoms with Crippen LogP contribution in [0.4, 0.5) is 11.6 Å². The number of pyridine rings is 1. The average molecular weight is 459 g/mol. The number of carbonyl (C=O) groups excluding carboxylic acids is 1. The molecule has 1 atom stereocenters. The van der Waals surface area contributed by atoms with Crippen molar-refractivity contribution in [3.8, 4) is 23.1 Å². The minimum atomic E-state index is -0.999. The number of hydrogen-bond acceptors (Lipinski definition) is 8. The Bertz CT molecular complexity index is 1200. The number of nitrogens with one attached hydrogen (secondary N) is 1. The highest BCUT2D eigenvalue weighted by molar-refractivity contribution is 5.80.